The first kappa shape index (κ1) is 15.9. The van der Waals surface area contributed by atoms with Crippen molar-refractivity contribution in [1.29, 1.82) is 0 Å². The Morgan fingerprint density at radius 3 is 2.38 bits per heavy atom. The van der Waals surface area contributed by atoms with E-state index in [1.54, 1.807) is 13.0 Å². The lowest BCUT2D eigenvalue weighted by Crippen LogP contribution is -2.15. The standard InChI is InChI=1S/C16H15BrF3N/c1-10-14(17)8-5-9-15(10)21-11(2)12-6-3-4-7-13(12)16(18,19)20/h3-9,11,21H,1-2H3. The van der Waals surface area contributed by atoms with Gasteiger partial charge in [0.1, 0.15) is 0 Å². The summed E-state index contributed by atoms with van der Waals surface area (Å²) in [5.74, 6) is 0. The summed E-state index contributed by atoms with van der Waals surface area (Å²) < 4.78 is 40.1. The van der Waals surface area contributed by atoms with Crippen molar-refractivity contribution in [1.82, 2.24) is 0 Å². The molecule has 2 rings (SSSR count). The maximum absolute atomic E-state index is 13.1. The fraction of sp³-hybridized carbons (Fsp3) is 0.250. The molecule has 1 unspecified atom stereocenters. The van der Waals surface area contributed by atoms with E-state index < -0.39 is 17.8 Å². The van der Waals surface area contributed by atoms with Gasteiger partial charge in [-0.2, -0.15) is 13.2 Å². The van der Waals surface area contributed by atoms with Gasteiger partial charge in [-0.25, -0.2) is 0 Å². The largest absolute Gasteiger partial charge is 0.416 e. The Kier molecular flexibility index (Phi) is 4.61. The maximum Gasteiger partial charge on any atom is 0.416 e. The van der Waals surface area contributed by atoms with E-state index >= 15 is 0 Å². The van der Waals surface area contributed by atoms with E-state index in [9.17, 15) is 13.2 Å². The maximum atomic E-state index is 13.1. The molecule has 21 heavy (non-hydrogen) atoms. The highest BCUT2D eigenvalue weighted by molar-refractivity contribution is 9.10. The summed E-state index contributed by atoms with van der Waals surface area (Å²) in [6.45, 7) is 3.64. The molecular weight excluding hydrogens is 343 g/mol. The first-order valence-electron chi connectivity index (χ1n) is 6.48. The molecule has 0 radical (unpaired) electrons. The summed E-state index contributed by atoms with van der Waals surface area (Å²) in [6, 6.07) is 10.8. The SMILES string of the molecule is Cc1c(Br)cccc1NC(C)c1ccccc1C(F)(F)F. The van der Waals surface area contributed by atoms with Crippen LogP contribution in [-0.4, -0.2) is 0 Å². The highest BCUT2D eigenvalue weighted by Gasteiger charge is 2.34. The van der Waals surface area contributed by atoms with Crippen LogP contribution in [0.15, 0.2) is 46.9 Å². The molecule has 2 aromatic rings. The Bertz CT molecular complexity index is 638. The molecule has 0 aromatic heterocycles. The lowest BCUT2D eigenvalue weighted by atomic mass is 10.0. The minimum Gasteiger partial charge on any atom is -0.378 e. The minimum absolute atomic E-state index is 0.240. The van der Waals surface area contributed by atoms with Gasteiger partial charge in [0.05, 0.1) is 5.56 Å². The molecule has 0 bridgehead atoms. The third kappa shape index (κ3) is 3.59. The molecule has 1 atom stereocenters. The molecule has 1 N–H and O–H groups in total. The van der Waals surface area contributed by atoms with E-state index in [1.807, 2.05) is 25.1 Å². The summed E-state index contributed by atoms with van der Waals surface area (Å²) >= 11 is 3.42. The summed E-state index contributed by atoms with van der Waals surface area (Å²) in [5.41, 5.74) is 1.42. The monoisotopic (exact) mass is 357 g/mol. The predicted octanol–water partition coefficient (Wildman–Crippen LogP) is 5.95. The van der Waals surface area contributed by atoms with E-state index in [0.717, 1.165) is 21.8 Å². The summed E-state index contributed by atoms with van der Waals surface area (Å²) in [7, 11) is 0. The number of hydrogen-bond donors (Lipinski definition) is 1. The first-order valence-corrected chi connectivity index (χ1v) is 7.27. The van der Waals surface area contributed by atoms with Crippen LogP contribution in [0.25, 0.3) is 0 Å². The second-order valence-electron chi connectivity index (χ2n) is 4.86. The molecule has 0 amide bonds. The topological polar surface area (TPSA) is 12.0 Å². The van der Waals surface area contributed by atoms with Crippen molar-refractivity contribution in [2.75, 3.05) is 5.32 Å². The molecule has 0 fully saturated rings. The van der Waals surface area contributed by atoms with E-state index in [0.29, 0.717) is 0 Å². The molecule has 0 spiro atoms. The number of hydrogen-bond acceptors (Lipinski definition) is 1. The Morgan fingerprint density at radius 2 is 1.71 bits per heavy atom. The van der Waals surface area contributed by atoms with Crippen LogP contribution < -0.4 is 5.32 Å². The van der Waals surface area contributed by atoms with E-state index in [2.05, 4.69) is 21.2 Å². The van der Waals surface area contributed by atoms with Crippen LogP contribution in [0.4, 0.5) is 18.9 Å². The van der Waals surface area contributed by atoms with Gasteiger partial charge in [0.2, 0.25) is 0 Å². The smallest absolute Gasteiger partial charge is 0.378 e. The molecule has 0 aliphatic carbocycles. The Balaban J connectivity index is 2.33. The van der Waals surface area contributed by atoms with Gasteiger partial charge >= 0.3 is 6.18 Å². The van der Waals surface area contributed by atoms with Crippen LogP contribution in [0.3, 0.4) is 0 Å². The molecule has 1 nitrogen and oxygen atoms in total. The van der Waals surface area contributed by atoms with Gasteiger partial charge in [0.15, 0.2) is 0 Å². The highest BCUT2D eigenvalue weighted by Crippen LogP contribution is 2.36. The van der Waals surface area contributed by atoms with E-state index in [-0.39, 0.29) is 5.56 Å². The van der Waals surface area contributed by atoms with Crippen LogP contribution in [0.1, 0.15) is 29.7 Å². The van der Waals surface area contributed by atoms with Crippen molar-refractivity contribution in [3.05, 3.63) is 63.6 Å². The molecular formula is C16H15BrF3N. The number of benzene rings is 2. The fourth-order valence-electron chi connectivity index (χ4n) is 2.21. The van der Waals surface area contributed by atoms with Gasteiger partial charge in [0, 0.05) is 16.2 Å². The zero-order valence-electron chi connectivity index (χ0n) is 11.6. The van der Waals surface area contributed by atoms with Crippen LogP contribution in [0, 0.1) is 6.92 Å². The van der Waals surface area contributed by atoms with Gasteiger partial charge in [-0.15, -0.1) is 0 Å². The summed E-state index contributed by atoms with van der Waals surface area (Å²) in [5, 5.41) is 3.15. The second-order valence-corrected chi connectivity index (χ2v) is 5.72. The molecule has 0 heterocycles. The molecule has 0 saturated heterocycles. The average molecular weight is 358 g/mol. The van der Waals surface area contributed by atoms with Crippen molar-refractivity contribution in [3.63, 3.8) is 0 Å². The number of anilines is 1. The predicted molar refractivity (Wildman–Crippen MR) is 82.4 cm³/mol. The van der Waals surface area contributed by atoms with Gasteiger partial charge < -0.3 is 5.32 Å². The minimum atomic E-state index is -4.35. The normalized spacial score (nSPS) is 13.0. The lowest BCUT2D eigenvalue weighted by Gasteiger charge is -2.21. The zero-order valence-corrected chi connectivity index (χ0v) is 13.2. The number of halogens is 4. The second kappa shape index (κ2) is 6.10. The van der Waals surface area contributed by atoms with Gasteiger partial charge in [-0.3, -0.25) is 0 Å². The van der Waals surface area contributed by atoms with Crippen molar-refractivity contribution in [2.24, 2.45) is 0 Å². The number of nitrogens with one attached hydrogen (secondary N) is 1. The van der Waals surface area contributed by atoms with Crippen LogP contribution in [0.5, 0.6) is 0 Å². The van der Waals surface area contributed by atoms with Crippen LogP contribution >= 0.6 is 15.9 Å². The highest BCUT2D eigenvalue weighted by atomic mass is 79.9. The summed E-state index contributed by atoms with van der Waals surface area (Å²) in [4.78, 5) is 0. The molecule has 0 aliphatic heterocycles. The molecule has 0 saturated carbocycles. The first-order chi connectivity index (χ1) is 9.80. The van der Waals surface area contributed by atoms with Crippen molar-refractivity contribution >= 4 is 21.6 Å². The van der Waals surface area contributed by atoms with Gasteiger partial charge in [-0.1, -0.05) is 40.2 Å². The van der Waals surface area contributed by atoms with E-state index in [1.165, 1.54) is 12.1 Å². The van der Waals surface area contributed by atoms with Crippen molar-refractivity contribution in [3.8, 4) is 0 Å². The zero-order chi connectivity index (χ0) is 15.6. The average Bonchev–Trinajstić information content (AvgIpc) is 2.43. The Hall–Kier alpha value is -1.49. The third-order valence-corrected chi connectivity index (χ3v) is 4.23. The Morgan fingerprint density at radius 1 is 1.05 bits per heavy atom. The number of alkyl halides is 3. The fourth-order valence-corrected chi connectivity index (χ4v) is 2.57. The van der Waals surface area contributed by atoms with Crippen molar-refractivity contribution in [2.45, 2.75) is 26.1 Å². The molecule has 0 aliphatic rings. The van der Waals surface area contributed by atoms with Gasteiger partial charge in [-0.05, 0) is 43.2 Å². The van der Waals surface area contributed by atoms with E-state index in [4.69, 9.17) is 0 Å². The number of rotatable bonds is 3. The van der Waals surface area contributed by atoms with Crippen LogP contribution in [0.2, 0.25) is 0 Å². The Labute approximate surface area is 130 Å². The summed E-state index contributed by atoms with van der Waals surface area (Å²) in [6.07, 6.45) is -4.35. The van der Waals surface area contributed by atoms with Gasteiger partial charge in [0.25, 0.3) is 0 Å². The third-order valence-electron chi connectivity index (χ3n) is 3.37. The molecule has 2 aromatic carbocycles. The molecule has 112 valence electrons. The lowest BCUT2D eigenvalue weighted by molar-refractivity contribution is -0.138. The quantitative estimate of drug-likeness (QED) is 0.715. The van der Waals surface area contributed by atoms with Crippen LogP contribution in [-0.2, 0) is 6.18 Å². The molecule has 5 heteroatoms. The van der Waals surface area contributed by atoms with Crippen molar-refractivity contribution < 1.29 is 13.2 Å².